The maximum atomic E-state index is 12.1. The lowest BCUT2D eigenvalue weighted by Gasteiger charge is -2.29. The van der Waals surface area contributed by atoms with Crippen molar-refractivity contribution in [1.82, 2.24) is 14.9 Å². The van der Waals surface area contributed by atoms with Crippen LogP contribution in [0.4, 0.5) is 0 Å². The standard InChI is InChI=1S/C19H23ClN4O2S/c1-12(2)27(25,26)24-16-8-6-13(7-9-16)18-17(11-21)19(23-22-18)14-4-3-5-15(20)10-14/h3-5,10,12-13,16,24H,6-9H2,1-2H3,(H,22,23)/t13-,16-. The van der Waals surface area contributed by atoms with Crippen LogP contribution in [0.1, 0.15) is 56.7 Å². The predicted molar refractivity (Wildman–Crippen MR) is 106 cm³/mol. The first-order valence-electron chi connectivity index (χ1n) is 9.07. The van der Waals surface area contributed by atoms with E-state index in [1.54, 1.807) is 26.0 Å². The van der Waals surface area contributed by atoms with Gasteiger partial charge in [-0.15, -0.1) is 0 Å². The van der Waals surface area contributed by atoms with Crippen LogP contribution in [0.25, 0.3) is 11.3 Å². The minimum Gasteiger partial charge on any atom is -0.280 e. The Hall–Kier alpha value is -1.88. The second kappa shape index (κ2) is 8.01. The third-order valence-electron chi connectivity index (χ3n) is 5.09. The average Bonchev–Trinajstić information content (AvgIpc) is 3.06. The predicted octanol–water partition coefficient (Wildman–Crippen LogP) is 3.96. The van der Waals surface area contributed by atoms with Crippen molar-refractivity contribution in [3.8, 4) is 17.3 Å². The van der Waals surface area contributed by atoms with Gasteiger partial charge in [0, 0.05) is 22.5 Å². The van der Waals surface area contributed by atoms with E-state index in [0.29, 0.717) is 16.3 Å². The van der Waals surface area contributed by atoms with E-state index in [9.17, 15) is 13.7 Å². The summed E-state index contributed by atoms with van der Waals surface area (Å²) in [5.41, 5.74) is 2.79. The molecule has 1 fully saturated rings. The number of aromatic nitrogens is 2. The van der Waals surface area contributed by atoms with Gasteiger partial charge in [0.25, 0.3) is 0 Å². The molecule has 2 N–H and O–H groups in total. The molecule has 1 aliphatic rings. The summed E-state index contributed by atoms with van der Waals surface area (Å²) in [5, 5.41) is 17.2. The van der Waals surface area contributed by atoms with E-state index in [-0.39, 0.29) is 12.0 Å². The number of sulfonamides is 1. The lowest BCUT2D eigenvalue weighted by molar-refractivity contribution is 0.368. The van der Waals surface area contributed by atoms with E-state index in [1.807, 2.05) is 12.1 Å². The van der Waals surface area contributed by atoms with Gasteiger partial charge in [-0.3, -0.25) is 5.10 Å². The number of aromatic amines is 1. The number of nitriles is 1. The molecule has 1 heterocycles. The number of hydrogen-bond donors (Lipinski definition) is 2. The summed E-state index contributed by atoms with van der Waals surface area (Å²) in [6.45, 7) is 3.35. The van der Waals surface area contributed by atoms with Crippen molar-refractivity contribution in [3.63, 3.8) is 0 Å². The highest BCUT2D eigenvalue weighted by molar-refractivity contribution is 7.90. The highest BCUT2D eigenvalue weighted by Crippen LogP contribution is 2.36. The molecule has 0 saturated heterocycles. The fraction of sp³-hybridized carbons (Fsp3) is 0.474. The van der Waals surface area contributed by atoms with E-state index in [0.717, 1.165) is 36.9 Å². The van der Waals surface area contributed by atoms with Crippen LogP contribution in [0.2, 0.25) is 5.02 Å². The van der Waals surface area contributed by atoms with Crippen LogP contribution < -0.4 is 4.72 Å². The van der Waals surface area contributed by atoms with Crippen LogP contribution in [0.5, 0.6) is 0 Å². The molecule has 0 amide bonds. The molecule has 0 radical (unpaired) electrons. The van der Waals surface area contributed by atoms with Crippen molar-refractivity contribution in [2.45, 2.75) is 56.7 Å². The third kappa shape index (κ3) is 4.34. The van der Waals surface area contributed by atoms with Gasteiger partial charge < -0.3 is 0 Å². The van der Waals surface area contributed by atoms with Gasteiger partial charge in [0.2, 0.25) is 10.0 Å². The van der Waals surface area contributed by atoms with E-state index in [1.165, 1.54) is 0 Å². The number of H-pyrrole nitrogens is 1. The molecule has 0 aliphatic heterocycles. The van der Waals surface area contributed by atoms with E-state index >= 15 is 0 Å². The number of nitrogens with zero attached hydrogens (tertiary/aromatic N) is 2. The van der Waals surface area contributed by atoms with Gasteiger partial charge in [-0.25, -0.2) is 13.1 Å². The van der Waals surface area contributed by atoms with Crippen LogP contribution in [-0.4, -0.2) is 29.9 Å². The van der Waals surface area contributed by atoms with Gasteiger partial charge in [-0.1, -0.05) is 23.7 Å². The summed E-state index contributed by atoms with van der Waals surface area (Å²) in [6.07, 6.45) is 3.09. The molecule has 3 rings (SSSR count). The van der Waals surface area contributed by atoms with Crippen molar-refractivity contribution in [3.05, 3.63) is 40.5 Å². The van der Waals surface area contributed by atoms with E-state index in [4.69, 9.17) is 11.6 Å². The Balaban J connectivity index is 1.75. The summed E-state index contributed by atoms with van der Waals surface area (Å²) >= 11 is 6.06. The molecule has 1 aliphatic carbocycles. The zero-order chi connectivity index (χ0) is 19.6. The SMILES string of the molecule is CC(C)S(=O)(=O)N[C@H]1CC[C@H](c2[nH]nc(-c3cccc(Cl)c3)c2C#N)CC1. The van der Waals surface area contributed by atoms with Crippen LogP contribution in [0.3, 0.4) is 0 Å². The maximum absolute atomic E-state index is 12.1. The van der Waals surface area contributed by atoms with Gasteiger partial charge >= 0.3 is 0 Å². The Labute approximate surface area is 165 Å². The summed E-state index contributed by atoms with van der Waals surface area (Å²) in [4.78, 5) is 0. The highest BCUT2D eigenvalue weighted by atomic mass is 35.5. The minimum absolute atomic E-state index is 0.0468. The Morgan fingerprint density at radius 2 is 2.00 bits per heavy atom. The minimum atomic E-state index is -3.26. The molecule has 27 heavy (non-hydrogen) atoms. The zero-order valence-electron chi connectivity index (χ0n) is 15.4. The smallest absolute Gasteiger partial charge is 0.214 e. The number of hydrogen-bond acceptors (Lipinski definition) is 4. The summed E-state index contributed by atoms with van der Waals surface area (Å²) in [7, 11) is -3.26. The molecule has 1 saturated carbocycles. The Morgan fingerprint density at radius 1 is 1.30 bits per heavy atom. The molecule has 0 unspecified atom stereocenters. The second-order valence-electron chi connectivity index (χ2n) is 7.24. The third-order valence-corrected chi connectivity index (χ3v) is 7.23. The summed E-state index contributed by atoms with van der Waals surface area (Å²) in [6, 6.07) is 9.51. The van der Waals surface area contributed by atoms with E-state index < -0.39 is 15.3 Å². The molecule has 0 bridgehead atoms. The lowest BCUT2D eigenvalue weighted by atomic mass is 9.83. The van der Waals surface area contributed by atoms with Crippen molar-refractivity contribution < 1.29 is 8.42 Å². The van der Waals surface area contributed by atoms with Crippen LogP contribution in [-0.2, 0) is 10.0 Å². The van der Waals surface area contributed by atoms with Crippen molar-refractivity contribution in [1.29, 1.82) is 5.26 Å². The Morgan fingerprint density at radius 3 is 2.59 bits per heavy atom. The lowest BCUT2D eigenvalue weighted by Crippen LogP contribution is -2.40. The van der Waals surface area contributed by atoms with E-state index in [2.05, 4.69) is 21.0 Å². The Bertz CT molecular complexity index is 954. The fourth-order valence-electron chi connectivity index (χ4n) is 3.48. The first-order valence-corrected chi connectivity index (χ1v) is 11.0. The van der Waals surface area contributed by atoms with Crippen molar-refractivity contribution in [2.75, 3.05) is 0 Å². The van der Waals surface area contributed by atoms with Gasteiger partial charge in [0.1, 0.15) is 17.3 Å². The zero-order valence-corrected chi connectivity index (χ0v) is 16.9. The number of halogens is 1. The molecule has 1 aromatic carbocycles. The molecule has 0 atom stereocenters. The first kappa shape index (κ1) is 19.9. The molecular weight excluding hydrogens is 384 g/mol. The molecule has 144 valence electrons. The molecule has 0 spiro atoms. The molecule has 8 heteroatoms. The summed E-state index contributed by atoms with van der Waals surface area (Å²) in [5.74, 6) is 0.167. The quantitative estimate of drug-likeness (QED) is 0.785. The highest BCUT2D eigenvalue weighted by Gasteiger charge is 2.30. The van der Waals surface area contributed by atoms with Crippen LogP contribution in [0, 0.1) is 11.3 Å². The van der Waals surface area contributed by atoms with Crippen molar-refractivity contribution >= 4 is 21.6 Å². The van der Waals surface area contributed by atoms with Gasteiger partial charge in [-0.2, -0.15) is 10.4 Å². The van der Waals surface area contributed by atoms with Crippen molar-refractivity contribution in [2.24, 2.45) is 0 Å². The summed E-state index contributed by atoms with van der Waals surface area (Å²) < 4.78 is 26.9. The number of nitrogens with one attached hydrogen (secondary N) is 2. The monoisotopic (exact) mass is 406 g/mol. The van der Waals surface area contributed by atoms with Crippen LogP contribution in [0.15, 0.2) is 24.3 Å². The molecule has 6 nitrogen and oxygen atoms in total. The normalized spacial score (nSPS) is 20.6. The fourth-order valence-corrected chi connectivity index (χ4v) is 4.64. The molecule has 1 aromatic heterocycles. The topological polar surface area (TPSA) is 98.6 Å². The van der Waals surface area contributed by atoms with Crippen LogP contribution >= 0.6 is 11.6 Å². The molecular formula is C19H23ClN4O2S. The van der Waals surface area contributed by atoms with Gasteiger partial charge in [0.15, 0.2) is 0 Å². The maximum Gasteiger partial charge on any atom is 0.214 e. The number of benzene rings is 1. The largest absolute Gasteiger partial charge is 0.280 e. The number of rotatable bonds is 5. The second-order valence-corrected chi connectivity index (χ2v) is 9.95. The van der Waals surface area contributed by atoms with Gasteiger partial charge in [-0.05, 0) is 51.7 Å². The molecule has 2 aromatic rings. The Kier molecular flexibility index (Phi) is 5.89. The first-order chi connectivity index (χ1) is 12.8. The van der Waals surface area contributed by atoms with Gasteiger partial charge in [0.05, 0.1) is 10.9 Å². The average molecular weight is 407 g/mol.